The van der Waals surface area contributed by atoms with Crippen LogP contribution in [0.3, 0.4) is 0 Å². The van der Waals surface area contributed by atoms with Gasteiger partial charge in [0.1, 0.15) is 0 Å². The highest BCUT2D eigenvalue weighted by Crippen LogP contribution is 2.22. The number of hydrogen-bond acceptors (Lipinski definition) is 2. The molecule has 134 valence electrons. The van der Waals surface area contributed by atoms with Crippen molar-refractivity contribution in [1.82, 2.24) is 5.32 Å². The maximum atomic E-state index is 10.9. The van der Waals surface area contributed by atoms with E-state index in [2.05, 4.69) is 62.3 Å². The minimum Gasteiger partial charge on any atom is -0.350 e. The number of hydrogen-bond donors (Lipinski definition) is 1. The molecular formula is C21H34N2O. The molecule has 3 nitrogen and oxygen atoms in total. The van der Waals surface area contributed by atoms with Crippen LogP contribution in [0.25, 0.3) is 0 Å². The fraction of sp³-hybridized carbons (Fsp3) is 0.619. The molecule has 1 unspecified atom stereocenters. The van der Waals surface area contributed by atoms with Crippen molar-refractivity contribution in [2.24, 2.45) is 4.99 Å². The molecular weight excluding hydrogens is 296 g/mol. The Kier molecular flexibility index (Phi) is 8.73. The summed E-state index contributed by atoms with van der Waals surface area (Å²) >= 11 is 0. The third-order valence-corrected chi connectivity index (χ3v) is 4.41. The van der Waals surface area contributed by atoms with Gasteiger partial charge in [-0.25, -0.2) is 0 Å². The van der Waals surface area contributed by atoms with E-state index < -0.39 is 0 Å². The smallest absolute Gasteiger partial charge is 0.207 e. The van der Waals surface area contributed by atoms with Crippen LogP contribution in [0, 0.1) is 0 Å². The number of carbonyl (C=O) groups excluding carboxylic acids is 1. The zero-order valence-corrected chi connectivity index (χ0v) is 16.1. The van der Waals surface area contributed by atoms with E-state index in [1.54, 1.807) is 0 Å². The van der Waals surface area contributed by atoms with Crippen molar-refractivity contribution in [3.05, 3.63) is 35.4 Å². The highest BCUT2D eigenvalue weighted by atomic mass is 16.1. The van der Waals surface area contributed by atoms with Crippen molar-refractivity contribution < 1.29 is 4.79 Å². The molecule has 24 heavy (non-hydrogen) atoms. The number of carbonyl (C=O) groups is 1. The van der Waals surface area contributed by atoms with Gasteiger partial charge in [-0.1, -0.05) is 71.2 Å². The van der Waals surface area contributed by atoms with Crippen LogP contribution < -0.4 is 5.32 Å². The van der Waals surface area contributed by atoms with E-state index >= 15 is 0 Å². The standard InChI is InChI=1S/C21H34N2O/c1-6-7-8-9-14-22-17(2)20(23-16-24)15-18-10-12-19(13-11-18)21(3,4)5/h10-13,16,20H,6-9,14-15H2,1-5H3,(H,23,24). The Morgan fingerprint density at radius 2 is 1.83 bits per heavy atom. The molecule has 0 aliphatic rings. The number of unbranched alkanes of at least 4 members (excludes halogenated alkanes) is 3. The zero-order valence-electron chi connectivity index (χ0n) is 16.1. The summed E-state index contributed by atoms with van der Waals surface area (Å²) < 4.78 is 0. The minimum absolute atomic E-state index is 0.0193. The maximum Gasteiger partial charge on any atom is 0.207 e. The highest BCUT2D eigenvalue weighted by Gasteiger charge is 2.15. The molecule has 0 heterocycles. The molecule has 0 aliphatic carbocycles. The summed E-state index contributed by atoms with van der Waals surface area (Å²) in [5, 5.41) is 2.92. The average molecular weight is 331 g/mol. The Bertz CT molecular complexity index is 512. The van der Waals surface area contributed by atoms with E-state index in [4.69, 9.17) is 0 Å². The van der Waals surface area contributed by atoms with Gasteiger partial charge in [-0.05, 0) is 36.3 Å². The number of aliphatic imine (C=N–C) groups is 1. The third-order valence-electron chi connectivity index (χ3n) is 4.41. The lowest BCUT2D eigenvalue weighted by atomic mass is 9.86. The van der Waals surface area contributed by atoms with Crippen LogP contribution in [0.2, 0.25) is 0 Å². The molecule has 1 atom stereocenters. The van der Waals surface area contributed by atoms with Gasteiger partial charge in [0.15, 0.2) is 0 Å². The number of amides is 1. The van der Waals surface area contributed by atoms with Crippen LogP contribution in [-0.2, 0) is 16.6 Å². The number of benzene rings is 1. The maximum absolute atomic E-state index is 10.9. The second kappa shape index (κ2) is 10.3. The summed E-state index contributed by atoms with van der Waals surface area (Å²) in [5.74, 6) is 0. The van der Waals surface area contributed by atoms with Gasteiger partial charge in [0.2, 0.25) is 6.41 Å². The molecule has 0 radical (unpaired) electrons. The normalized spacial score (nSPS) is 13.6. The molecule has 3 heteroatoms. The number of nitrogens with zero attached hydrogens (tertiary/aromatic N) is 1. The molecule has 0 spiro atoms. The van der Waals surface area contributed by atoms with Crippen molar-refractivity contribution in [3.8, 4) is 0 Å². The van der Waals surface area contributed by atoms with Crippen LogP contribution in [-0.4, -0.2) is 24.7 Å². The minimum atomic E-state index is -0.0193. The Hall–Kier alpha value is -1.64. The Morgan fingerprint density at radius 3 is 2.38 bits per heavy atom. The predicted molar refractivity (Wildman–Crippen MR) is 104 cm³/mol. The monoisotopic (exact) mass is 330 g/mol. The van der Waals surface area contributed by atoms with Gasteiger partial charge in [0.05, 0.1) is 6.04 Å². The van der Waals surface area contributed by atoms with Crippen molar-refractivity contribution in [1.29, 1.82) is 0 Å². The van der Waals surface area contributed by atoms with E-state index in [9.17, 15) is 4.79 Å². The lowest BCUT2D eigenvalue weighted by Gasteiger charge is -2.20. The fourth-order valence-electron chi connectivity index (χ4n) is 2.69. The number of nitrogens with one attached hydrogen (secondary N) is 1. The summed E-state index contributed by atoms with van der Waals surface area (Å²) in [4.78, 5) is 15.6. The molecule has 1 N–H and O–H groups in total. The van der Waals surface area contributed by atoms with Gasteiger partial charge < -0.3 is 5.32 Å². The van der Waals surface area contributed by atoms with Crippen LogP contribution in [0.4, 0.5) is 0 Å². The lowest BCUT2D eigenvalue weighted by molar-refractivity contribution is -0.109. The van der Waals surface area contributed by atoms with Crippen molar-refractivity contribution in [3.63, 3.8) is 0 Å². The van der Waals surface area contributed by atoms with Gasteiger partial charge in [-0.2, -0.15) is 0 Å². The van der Waals surface area contributed by atoms with Crippen molar-refractivity contribution >= 4 is 12.1 Å². The SMILES string of the molecule is CCCCCCN=C(C)C(Cc1ccc(C(C)(C)C)cc1)NC=O. The first-order valence-corrected chi connectivity index (χ1v) is 9.18. The third kappa shape index (κ3) is 7.29. The van der Waals surface area contributed by atoms with Gasteiger partial charge in [-0.15, -0.1) is 0 Å². The molecule has 0 aromatic heterocycles. The Labute approximate surface area is 148 Å². The van der Waals surface area contributed by atoms with Gasteiger partial charge in [-0.3, -0.25) is 9.79 Å². The number of rotatable bonds is 10. The second-order valence-corrected chi connectivity index (χ2v) is 7.57. The van der Waals surface area contributed by atoms with E-state index in [1.165, 1.54) is 30.4 Å². The van der Waals surface area contributed by atoms with E-state index in [0.717, 1.165) is 31.5 Å². The van der Waals surface area contributed by atoms with Gasteiger partial charge in [0.25, 0.3) is 0 Å². The van der Waals surface area contributed by atoms with Crippen molar-refractivity contribution in [2.75, 3.05) is 6.54 Å². The lowest BCUT2D eigenvalue weighted by Crippen LogP contribution is -2.36. The largest absolute Gasteiger partial charge is 0.350 e. The van der Waals surface area contributed by atoms with Crippen LogP contribution in [0.5, 0.6) is 0 Å². The molecule has 1 aromatic rings. The van der Waals surface area contributed by atoms with Crippen LogP contribution in [0.1, 0.15) is 71.4 Å². The summed E-state index contributed by atoms with van der Waals surface area (Å²) in [6.07, 6.45) is 6.43. The summed E-state index contributed by atoms with van der Waals surface area (Å²) in [5.41, 5.74) is 3.73. The first-order chi connectivity index (χ1) is 11.4. The molecule has 0 saturated carbocycles. The molecule has 0 aliphatic heterocycles. The predicted octanol–water partition coefficient (Wildman–Crippen LogP) is 4.68. The van der Waals surface area contributed by atoms with Crippen LogP contribution >= 0.6 is 0 Å². The molecule has 1 rings (SSSR count). The first kappa shape index (κ1) is 20.4. The topological polar surface area (TPSA) is 41.5 Å². The summed E-state index contributed by atoms with van der Waals surface area (Å²) in [7, 11) is 0. The quantitative estimate of drug-likeness (QED) is 0.378. The Morgan fingerprint density at radius 1 is 1.17 bits per heavy atom. The Balaban J connectivity index is 2.67. The van der Waals surface area contributed by atoms with Crippen molar-refractivity contribution in [2.45, 2.75) is 78.2 Å². The zero-order chi connectivity index (χ0) is 18.0. The second-order valence-electron chi connectivity index (χ2n) is 7.57. The summed E-state index contributed by atoms with van der Waals surface area (Å²) in [6.45, 7) is 11.7. The molecule has 0 bridgehead atoms. The molecule has 1 amide bonds. The average Bonchev–Trinajstić information content (AvgIpc) is 2.53. The van der Waals surface area contributed by atoms with E-state index in [0.29, 0.717) is 0 Å². The first-order valence-electron chi connectivity index (χ1n) is 9.18. The van der Waals surface area contributed by atoms with E-state index in [1.807, 2.05) is 6.92 Å². The van der Waals surface area contributed by atoms with Gasteiger partial charge >= 0.3 is 0 Å². The fourth-order valence-corrected chi connectivity index (χ4v) is 2.69. The molecule has 0 saturated heterocycles. The van der Waals surface area contributed by atoms with Crippen LogP contribution in [0.15, 0.2) is 29.3 Å². The van der Waals surface area contributed by atoms with E-state index in [-0.39, 0.29) is 11.5 Å². The molecule has 1 aromatic carbocycles. The molecule has 0 fully saturated rings. The van der Waals surface area contributed by atoms with Gasteiger partial charge in [0, 0.05) is 12.3 Å². The summed E-state index contributed by atoms with van der Waals surface area (Å²) in [6, 6.07) is 8.67. The highest BCUT2D eigenvalue weighted by molar-refractivity contribution is 5.89.